The van der Waals surface area contributed by atoms with Crippen LogP contribution in [0.4, 0.5) is 5.82 Å². The van der Waals surface area contributed by atoms with Crippen LogP contribution in [0.1, 0.15) is 55.0 Å². The molecular formula is C20H28N4O3. The van der Waals surface area contributed by atoms with E-state index in [1.165, 1.54) is 7.11 Å². The zero-order chi connectivity index (χ0) is 19.2. The number of nitrogens with one attached hydrogen (secondary N) is 1. The Morgan fingerprint density at radius 3 is 2.74 bits per heavy atom. The Kier molecular flexibility index (Phi) is 4.56. The second kappa shape index (κ2) is 6.77. The summed E-state index contributed by atoms with van der Waals surface area (Å²) < 4.78 is 4.93. The molecule has 1 saturated heterocycles. The maximum atomic E-state index is 12.4. The Morgan fingerprint density at radius 1 is 1.33 bits per heavy atom. The summed E-state index contributed by atoms with van der Waals surface area (Å²) in [7, 11) is 1.47. The molecule has 27 heavy (non-hydrogen) atoms. The third-order valence-corrected chi connectivity index (χ3v) is 6.23. The van der Waals surface area contributed by atoms with E-state index in [0.717, 1.165) is 62.4 Å². The lowest BCUT2D eigenvalue weighted by Crippen LogP contribution is -2.40. The Bertz CT molecular complexity index is 769. The molecule has 1 atom stereocenters. The molecule has 1 N–H and O–H groups in total. The third-order valence-electron chi connectivity index (χ3n) is 6.23. The number of hydrogen-bond acceptors (Lipinski definition) is 6. The summed E-state index contributed by atoms with van der Waals surface area (Å²) in [5.41, 5.74) is 1.64. The second-order valence-corrected chi connectivity index (χ2v) is 8.52. The van der Waals surface area contributed by atoms with Crippen molar-refractivity contribution in [3.05, 3.63) is 17.1 Å². The molecule has 7 nitrogen and oxygen atoms in total. The predicted octanol–water partition coefficient (Wildman–Crippen LogP) is 1.74. The number of ether oxygens (including phenoxy) is 1. The summed E-state index contributed by atoms with van der Waals surface area (Å²) in [4.78, 5) is 35.9. The number of nitrogens with zero attached hydrogens (tertiary/aromatic N) is 3. The second-order valence-electron chi connectivity index (χ2n) is 8.52. The number of rotatable bonds is 4. The summed E-state index contributed by atoms with van der Waals surface area (Å²) >= 11 is 0. The zero-order valence-electron chi connectivity index (χ0n) is 16.4. The number of esters is 1. The van der Waals surface area contributed by atoms with Gasteiger partial charge >= 0.3 is 5.97 Å². The fraction of sp³-hybridized carbons (Fsp3) is 0.700. The van der Waals surface area contributed by atoms with Gasteiger partial charge in [0.1, 0.15) is 17.3 Å². The molecule has 3 heterocycles. The average Bonchev–Trinajstić information content (AvgIpc) is 3.35. The van der Waals surface area contributed by atoms with Gasteiger partial charge in [-0.25, -0.2) is 9.97 Å². The van der Waals surface area contributed by atoms with E-state index in [-0.39, 0.29) is 23.2 Å². The molecule has 1 spiro atoms. The number of fused-ring (bicyclic) bond motifs is 1. The van der Waals surface area contributed by atoms with Gasteiger partial charge in [0.15, 0.2) is 0 Å². The van der Waals surface area contributed by atoms with Crippen molar-refractivity contribution in [3.63, 3.8) is 0 Å². The Hall–Kier alpha value is -2.18. The first kappa shape index (κ1) is 18.2. The van der Waals surface area contributed by atoms with Crippen molar-refractivity contribution >= 4 is 17.7 Å². The predicted molar refractivity (Wildman–Crippen MR) is 101 cm³/mol. The molecule has 1 saturated carbocycles. The van der Waals surface area contributed by atoms with E-state index in [1.807, 2.05) is 0 Å². The highest BCUT2D eigenvalue weighted by Gasteiger charge is 2.59. The molecule has 1 unspecified atom stereocenters. The van der Waals surface area contributed by atoms with Crippen molar-refractivity contribution in [2.45, 2.75) is 46.0 Å². The van der Waals surface area contributed by atoms with Crippen LogP contribution in [0.3, 0.4) is 0 Å². The van der Waals surface area contributed by atoms with Crippen LogP contribution in [0.15, 0.2) is 0 Å². The van der Waals surface area contributed by atoms with Gasteiger partial charge in [0.25, 0.3) is 5.91 Å². The number of aromatic nitrogens is 2. The van der Waals surface area contributed by atoms with Crippen LogP contribution < -0.4 is 10.2 Å². The van der Waals surface area contributed by atoms with E-state index in [0.29, 0.717) is 18.2 Å². The van der Waals surface area contributed by atoms with Crippen molar-refractivity contribution < 1.29 is 14.3 Å². The normalized spacial score (nSPS) is 23.2. The van der Waals surface area contributed by atoms with Crippen LogP contribution in [0.25, 0.3) is 0 Å². The minimum absolute atomic E-state index is 0.0613. The smallest absolute Gasteiger partial charge is 0.309 e. The summed E-state index contributed by atoms with van der Waals surface area (Å²) in [5, 5.41) is 2.90. The van der Waals surface area contributed by atoms with Gasteiger partial charge < -0.3 is 15.0 Å². The largest absolute Gasteiger partial charge is 0.469 e. The van der Waals surface area contributed by atoms with Gasteiger partial charge in [-0.05, 0) is 37.0 Å². The van der Waals surface area contributed by atoms with E-state index >= 15 is 0 Å². The SMILES string of the molecule is COC(=O)C1CC12CCN(c1nc(CC(C)C)nc3c1CCNC3=O)CC2. The van der Waals surface area contributed by atoms with Gasteiger partial charge in [0.05, 0.1) is 13.0 Å². The van der Waals surface area contributed by atoms with Crippen molar-refractivity contribution in [3.8, 4) is 0 Å². The fourth-order valence-corrected chi connectivity index (χ4v) is 4.58. The van der Waals surface area contributed by atoms with Gasteiger partial charge in [-0.15, -0.1) is 0 Å². The lowest BCUT2D eigenvalue weighted by molar-refractivity contribution is -0.143. The fourth-order valence-electron chi connectivity index (χ4n) is 4.58. The number of hydrogen-bond donors (Lipinski definition) is 1. The molecule has 7 heteroatoms. The van der Waals surface area contributed by atoms with Crippen LogP contribution in [0.5, 0.6) is 0 Å². The first-order valence-corrected chi connectivity index (χ1v) is 9.94. The number of carbonyl (C=O) groups is 2. The monoisotopic (exact) mass is 372 g/mol. The van der Waals surface area contributed by atoms with Crippen molar-refractivity contribution in [1.29, 1.82) is 0 Å². The summed E-state index contributed by atoms with van der Waals surface area (Å²) in [6.07, 6.45) is 4.41. The van der Waals surface area contributed by atoms with Gasteiger partial charge in [0.2, 0.25) is 0 Å². The topological polar surface area (TPSA) is 84.4 Å². The molecule has 1 aromatic heterocycles. The van der Waals surface area contributed by atoms with Crippen molar-refractivity contribution in [2.24, 2.45) is 17.3 Å². The van der Waals surface area contributed by atoms with Crippen LogP contribution in [0.2, 0.25) is 0 Å². The standard InChI is InChI=1S/C20H28N4O3/c1-12(2)10-15-22-16-13(4-7-21-18(16)25)17(23-15)24-8-5-20(6-9-24)11-14(20)19(26)27-3/h12,14H,4-11H2,1-3H3,(H,21,25). The Balaban J connectivity index is 1.58. The summed E-state index contributed by atoms with van der Waals surface area (Å²) in [5.74, 6) is 2.00. The van der Waals surface area contributed by atoms with Crippen LogP contribution in [-0.2, 0) is 22.4 Å². The van der Waals surface area contributed by atoms with Crippen molar-refractivity contribution in [1.82, 2.24) is 15.3 Å². The Labute approximate surface area is 159 Å². The first-order valence-electron chi connectivity index (χ1n) is 9.94. The molecule has 1 aliphatic carbocycles. The van der Waals surface area contributed by atoms with Gasteiger partial charge in [-0.2, -0.15) is 0 Å². The number of carbonyl (C=O) groups excluding carboxylic acids is 2. The van der Waals surface area contributed by atoms with Gasteiger partial charge in [-0.1, -0.05) is 13.8 Å². The van der Waals surface area contributed by atoms with E-state index in [9.17, 15) is 9.59 Å². The highest BCUT2D eigenvalue weighted by Crippen LogP contribution is 2.60. The minimum Gasteiger partial charge on any atom is -0.469 e. The molecule has 2 aliphatic heterocycles. The maximum Gasteiger partial charge on any atom is 0.309 e. The molecule has 1 aromatic rings. The van der Waals surface area contributed by atoms with E-state index in [4.69, 9.17) is 9.72 Å². The molecule has 3 aliphatic rings. The molecular weight excluding hydrogens is 344 g/mol. The molecule has 0 radical (unpaired) electrons. The van der Waals surface area contributed by atoms with E-state index in [1.54, 1.807) is 0 Å². The van der Waals surface area contributed by atoms with E-state index in [2.05, 4.69) is 29.0 Å². The zero-order valence-corrected chi connectivity index (χ0v) is 16.4. The molecule has 0 aromatic carbocycles. The van der Waals surface area contributed by atoms with Crippen LogP contribution in [0, 0.1) is 17.3 Å². The lowest BCUT2D eigenvalue weighted by atomic mass is 9.90. The van der Waals surface area contributed by atoms with Crippen LogP contribution in [-0.4, -0.2) is 48.6 Å². The maximum absolute atomic E-state index is 12.4. The average molecular weight is 372 g/mol. The minimum atomic E-state index is -0.0914. The number of piperidine rings is 1. The third kappa shape index (κ3) is 3.28. The lowest BCUT2D eigenvalue weighted by Gasteiger charge is -2.35. The van der Waals surface area contributed by atoms with Gasteiger partial charge in [-0.3, -0.25) is 9.59 Å². The molecule has 2 fully saturated rings. The first-order chi connectivity index (χ1) is 12.9. The number of methoxy groups -OCH3 is 1. The molecule has 0 bridgehead atoms. The Morgan fingerprint density at radius 2 is 2.07 bits per heavy atom. The van der Waals surface area contributed by atoms with Crippen LogP contribution >= 0.6 is 0 Å². The number of anilines is 1. The highest BCUT2D eigenvalue weighted by molar-refractivity contribution is 5.96. The van der Waals surface area contributed by atoms with Crippen molar-refractivity contribution in [2.75, 3.05) is 31.6 Å². The molecule has 1 amide bonds. The molecule has 146 valence electrons. The molecule has 4 rings (SSSR count). The van der Waals surface area contributed by atoms with Gasteiger partial charge in [0, 0.05) is 31.6 Å². The highest BCUT2D eigenvalue weighted by atomic mass is 16.5. The summed E-state index contributed by atoms with van der Waals surface area (Å²) in [6, 6.07) is 0. The number of amides is 1. The summed E-state index contributed by atoms with van der Waals surface area (Å²) in [6.45, 7) is 6.62. The quantitative estimate of drug-likeness (QED) is 0.811. The van der Waals surface area contributed by atoms with E-state index < -0.39 is 0 Å².